The molecule has 0 bridgehead atoms. The summed E-state index contributed by atoms with van der Waals surface area (Å²) in [5, 5.41) is 4.53. The van der Waals surface area contributed by atoms with E-state index >= 15 is 0 Å². The molecule has 2 atom stereocenters. The Morgan fingerprint density at radius 3 is 2.96 bits per heavy atom. The molecule has 0 radical (unpaired) electrons. The predicted octanol–water partition coefficient (Wildman–Crippen LogP) is 2.62. The third kappa shape index (κ3) is 2.86. The molecule has 3 heterocycles. The lowest BCUT2D eigenvalue weighted by atomic mass is 9.99. The van der Waals surface area contributed by atoms with E-state index in [1.54, 1.807) is 22.7 Å². The van der Waals surface area contributed by atoms with Crippen molar-refractivity contribution in [3.05, 3.63) is 46.5 Å². The minimum atomic E-state index is -0.341. The summed E-state index contributed by atoms with van der Waals surface area (Å²) in [7, 11) is 1.79. The van der Waals surface area contributed by atoms with Crippen LogP contribution in [-0.4, -0.2) is 39.8 Å². The van der Waals surface area contributed by atoms with Crippen molar-refractivity contribution in [1.82, 2.24) is 14.7 Å². The van der Waals surface area contributed by atoms with Crippen LogP contribution >= 0.6 is 0 Å². The molecule has 6 nitrogen and oxygen atoms in total. The number of hydrogen-bond donors (Lipinski definition) is 0. The zero-order valence-electron chi connectivity index (χ0n) is 15.2. The molecule has 4 rings (SSSR count). The number of rotatable bonds is 1. The van der Waals surface area contributed by atoms with E-state index in [2.05, 4.69) is 5.10 Å². The standard InChI is InChI=1S/C19H22FN3O3/c1-11-8-15-17(12(2)26-11)21-22(3)18(15)19(24)23-6-7-25-16-9-14(20)5-4-13(16)10-23/h4-5,9,11-12H,6-8,10H2,1-3H3/t11-,12+/m1/s1. The van der Waals surface area contributed by atoms with Crippen molar-refractivity contribution in [1.29, 1.82) is 0 Å². The molecule has 1 aromatic heterocycles. The number of aromatic nitrogens is 2. The normalized spacial score (nSPS) is 22.2. The highest BCUT2D eigenvalue weighted by molar-refractivity contribution is 5.94. The summed E-state index contributed by atoms with van der Waals surface area (Å²) in [6.45, 7) is 5.12. The summed E-state index contributed by atoms with van der Waals surface area (Å²) >= 11 is 0. The molecule has 0 fully saturated rings. The Kier molecular flexibility index (Phi) is 4.19. The molecule has 2 aliphatic rings. The van der Waals surface area contributed by atoms with E-state index in [0.29, 0.717) is 37.6 Å². The molecule has 1 aromatic carbocycles. The van der Waals surface area contributed by atoms with E-state index in [0.717, 1.165) is 16.8 Å². The third-order valence-corrected chi connectivity index (χ3v) is 4.99. The summed E-state index contributed by atoms with van der Waals surface area (Å²) < 4.78 is 26.5. The smallest absolute Gasteiger partial charge is 0.272 e. The van der Waals surface area contributed by atoms with Crippen LogP contribution in [0.2, 0.25) is 0 Å². The molecule has 0 spiro atoms. The maximum Gasteiger partial charge on any atom is 0.272 e. The molecule has 0 saturated heterocycles. The van der Waals surface area contributed by atoms with Crippen LogP contribution in [0, 0.1) is 5.82 Å². The van der Waals surface area contributed by atoms with Gasteiger partial charge in [-0.1, -0.05) is 6.07 Å². The van der Waals surface area contributed by atoms with Crippen molar-refractivity contribution < 1.29 is 18.7 Å². The lowest BCUT2D eigenvalue weighted by Crippen LogP contribution is -2.35. The van der Waals surface area contributed by atoms with Crippen molar-refractivity contribution in [3.8, 4) is 5.75 Å². The molecule has 1 amide bonds. The van der Waals surface area contributed by atoms with E-state index < -0.39 is 0 Å². The van der Waals surface area contributed by atoms with Crippen LogP contribution in [0.15, 0.2) is 18.2 Å². The van der Waals surface area contributed by atoms with Gasteiger partial charge in [0.1, 0.15) is 23.9 Å². The Balaban J connectivity index is 1.67. The first-order valence-corrected chi connectivity index (χ1v) is 8.85. The highest BCUT2D eigenvalue weighted by Crippen LogP contribution is 2.32. The van der Waals surface area contributed by atoms with Gasteiger partial charge in [-0.25, -0.2) is 4.39 Å². The topological polar surface area (TPSA) is 56.6 Å². The zero-order chi connectivity index (χ0) is 18.4. The lowest BCUT2D eigenvalue weighted by Gasteiger charge is -2.26. The van der Waals surface area contributed by atoms with E-state index in [4.69, 9.17) is 9.47 Å². The molecule has 138 valence electrons. The number of hydrogen-bond acceptors (Lipinski definition) is 4. The number of nitrogens with zero attached hydrogens (tertiary/aromatic N) is 3. The zero-order valence-corrected chi connectivity index (χ0v) is 15.2. The van der Waals surface area contributed by atoms with Gasteiger partial charge >= 0.3 is 0 Å². The molecular formula is C19H22FN3O3. The summed E-state index contributed by atoms with van der Waals surface area (Å²) in [4.78, 5) is 15.0. The highest BCUT2D eigenvalue weighted by Gasteiger charge is 2.33. The highest BCUT2D eigenvalue weighted by atomic mass is 19.1. The van der Waals surface area contributed by atoms with Crippen LogP contribution < -0.4 is 4.74 Å². The molecule has 0 unspecified atom stereocenters. The molecule has 0 aliphatic carbocycles. The number of amides is 1. The van der Waals surface area contributed by atoms with E-state index in [9.17, 15) is 9.18 Å². The Bertz CT molecular complexity index is 864. The quantitative estimate of drug-likeness (QED) is 0.785. The summed E-state index contributed by atoms with van der Waals surface area (Å²) in [6.07, 6.45) is 0.586. The molecule has 7 heteroatoms. The van der Waals surface area contributed by atoms with Gasteiger partial charge in [0, 0.05) is 37.2 Å². The number of carbonyl (C=O) groups excluding carboxylic acids is 1. The minimum Gasteiger partial charge on any atom is -0.491 e. The Morgan fingerprint density at radius 2 is 2.15 bits per heavy atom. The van der Waals surface area contributed by atoms with Gasteiger partial charge in [-0.15, -0.1) is 0 Å². The van der Waals surface area contributed by atoms with Crippen LogP contribution in [0.1, 0.15) is 47.3 Å². The molecular weight excluding hydrogens is 337 g/mol. The van der Waals surface area contributed by atoms with Crippen LogP contribution in [0.3, 0.4) is 0 Å². The van der Waals surface area contributed by atoms with Gasteiger partial charge in [-0.2, -0.15) is 5.10 Å². The van der Waals surface area contributed by atoms with Gasteiger partial charge in [0.15, 0.2) is 0 Å². The molecule has 0 saturated carbocycles. The minimum absolute atomic E-state index is 0.0458. The molecule has 26 heavy (non-hydrogen) atoms. The van der Waals surface area contributed by atoms with Gasteiger partial charge in [0.25, 0.3) is 5.91 Å². The van der Waals surface area contributed by atoms with Gasteiger partial charge in [0.2, 0.25) is 0 Å². The SMILES string of the molecule is C[C@@H]1Cc2c(nn(C)c2C(=O)N2CCOc3cc(F)ccc3C2)[C@H](C)O1. The predicted molar refractivity (Wildman–Crippen MR) is 92.5 cm³/mol. The van der Waals surface area contributed by atoms with E-state index in [1.807, 2.05) is 13.8 Å². The fraction of sp³-hybridized carbons (Fsp3) is 0.474. The number of ether oxygens (including phenoxy) is 2. The van der Waals surface area contributed by atoms with Crippen LogP contribution in [0.5, 0.6) is 5.75 Å². The van der Waals surface area contributed by atoms with E-state index in [-0.39, 0.29) is 23.9 Å². The van der Waals surface area contributed by atoms with Gasteiger partial charge in [0.05, 0.1) is 24.4 Å². The summed E-state index contributed by atoms with van der Waals surface area (Å²) in [5.41, 5.74) is 3.21. The molecule has 2 aliphatic heterocycles. The maximum absolute atomic E-state index is 13.4. The van der Waals surface area contributed by atoms with Crippen molar-refractivity contribution in [2.75, 3.05) is 13.2 Å². The Labute approximate surface area is 151 Å². The number of carbonyl (C=O) groups is 1. The van der Waals surface area contributed by atoms with Crippen LogP contribution in [-0.2, 0) is 24.8 Å². The Hall–Kier alpha value is -2.41. The fourth-order valence-electron chi connectivity index (χ4n) is 3.80. The molecule has 2 aromatic rings. The maximum atomic E-state index is 13.4. The Morgan fingerprint density at radius 1 is 1.35 bits per heavy atom. The number of benzene rings is 1. The van der Waals surface area contributed by atoms with Crippen LogP contribution in [0.4, 0.5) is 4.39 Å². The second-order valence-electron chi connectivity index (χ2n) is 6.96. The first-order chi connectivity index (χ1) is 12.4. The second kappa shape index (κ2) is 6.39. The number of fused-ring (bicyclic) bond motifs is 2. The molecule has 0 N–H and O–H groups in total. The number of aryl methyl sites for hydroxylation is 1. The van der Waals surface area contributed by atoms with Crippen molar-refractivity contribution >= 4 is 5.91 Å². The van der Waals surface area contributed by atoms with E-state index in [1.165, 1.54) is 12.1 Å². The van der Waals surface area contributed by atoms with Crippen molar-refractivity contribution in [2.45, 2.75) is 39.0 Å². The summed E-state index contributed by atoms with van der Waals surface area (Å²) in [6, 6.07) is 4.44. The summed E-state index contributed by atoms with van der Waals surface area (Å²) in [5.74, 6) is 0.0820. The monoisotopic (exact) mass is 359 g/mol. The van der Waals surface area contributed by atoms with Gasteiger partial charge in [-0.3, -0.25) is 9.48 Å². The van der Waals surface area contributed by atoms with Gasteiger partial charge in [-0.05, 0) is 19.9 Å². The average molecular weight is 359 g/mol. The third-order valence-electron chi connectivity index (χ3n) is 4.99. The largest absolute Gasteiger partial charge is 0.491 e. The fourth-order valence-corrected chi connectivity index (χ4v) is 3.80. The van der Waals surface area contributed by atoms with Crippen molar-refractivity contribution in [2.24, 2.45) is 7.05 Å². The van der Waals surface area contributed by atoms with Gasteiger partial charge < -0.3 is 14.4 Å². The first-order valence-electron chi connectivity index (χ1n) is 8.85. The average Bonchev–Trinajstić information content (AvgIpc) is 2.78. The second-order valence-corrected chi connectivity index (χ2v) is 6.96. The first kappa shape index (κ1) is 17.0. The van der Waals surface area contributed by atoms with Crippen LogP contribution in [0.25, 0.3) is 0 Å². The van der Waals surface area contributed by atoms with Crippen molar-refractivity contribution in [3.63, 3.8) is 0 Å². The lowest BCUT2D eigenvalue weighted by molar-refractivity contribution is -0.00714. The number of halogens is 1.